The summed E-state index contributed by atoms with van der Waals surface area (Å²) in [6.07, 6.45) is 0. The number of aryl methyl sites for hydroxylation is 2. The molecule has 106 valence electrons. The van der Waals surface area contributed by atoms with Crippen LogP contribution in [-0.2, 0) is 0 Å². The van der Waals surface area contributed by atoms with Crippen molar-refractivity contribution in [3.8, 4) is 0 Å². The van der Waals surface area contributed by atoms with Crippen LogP contribution in [0.3, 0.4) is 0 Å². The Morgan fingerprint density at radius 2 is 1.81 bits per heavy atom. The Morgan fingerprint density at radius 1 is 1.14 bits per heavy atom. The Hall–Kier alpha value is -1.58. The summed E-state index contributed by atoms with van der Waals surface area (Å²) in [7, 11) is 0. The van der Waals surface area contributed by atoms with Gasteiger partial charge in [-0.05, 0) is 49.2 Å². The molecule has 0 atom stereocenters. The normalized spacial score (nSPS) is 11.0. The molecule has 2 nitrogen and oxygen atoms in total. The van der Waals surface area contributed by atoms with Gasteiger partial charge >= 0.3 is 0 Å². The highest BCUT2D eigenvalue weighted by Gasteiger charge is 2.17. The van der Waals surface area contributed by atoms with Gasteiger partial charge < -0.3 is 4.42 Å². The van der Waals surface area contributed by atoms with Crippen molar-refractivity contribution in [2.45, 2.75) is 13.8 Å². The monoisotopic (exact) mass is 362 g/mol. The molecule has 0 amide bonds. The third-order valence-corrected chi connectivity index (χ3v) is 4.97. The number of fused-ring (bicyclic) bond motifs is 1. The molecule has 1 aromatic heterocycles. The van der Waals surface area contributed by atoms with Crippen LogP contribution in [0.25, 0.3) is 11.0 Å². The van der Waals surface area contributed by atoms with Crippen molar-refractivity contribution in [3.63, 3.8) is 0 Å². The van der Waals surface area contributed by atoms with Gasteiger partial charge in [-0.25, -0.2) is 0 Å². The minimum absolute atomic E-state index is 0.138. The molecule has 4 heteroatoms. The van der Waals surface area contributed by atoms with Crippen LogP contribution in [0.4, 0.5) is 0 Å². The van der Waals surface area contributed by atoms with Crippen LogP contribution in [0.1, 0.15) is 27.2 Å². The molecular formula is C17H12BrClO2. The zero-order valence-corrected chi connectivity index (χ0v) is 13.9. The summed E-state index contributed by atoms with van der Waals surface area (Å²) < 4.78 is 6.65. The van der Waals surface area contributed by atoms with Gasteiger partial charge in [0.1, 0.15) is 0 Å². The average molecular weight is 364 g/mol. The van der Waals surface area contributed by atoms with Crippen LogP contribution in [0.15, 0.2) is 45.3 Å². The Kier molecular flexibility index (Phi) is 3.64. The summed E-state index contributed by atoms with van der Waals surface area (Å²) in [5.41, 5.74) is 3.21. The first kappa shape index (κ1) is 14.4. The van der Waals surface area contributed by atoms with Crippen molar-refractivity contribution in [3.05, 3.63) is 68.3 Å². The highest BCUT2D eigenvalue weighted by molar-refractivity contribution is 9.10. The zero-order chi connectivity index (χ0) is 15.1. The third kappa shape index (κ3) is 2.52. The molecule has 0 aliphatic rings. The Labute approximate surface area is 135 Å². The fourth-order valence-corrected chi connectivity index (χ4v) is 2.81. The van der Waals surface area contributed by atoms with Crippen molar-refractivity contribution >= 4 is 44.3 Å². The van der Waals surface area contributed by atoms with Crippen LogP contribution < -0.4 is 0 Å². The van der Waals surface area contributed by atoms with Gasteiger partial charge in [-0.3, -0.25) is 4.79 Å². The van der Waals surface area contributed by atoms with E-state index in [-0.39, 0.29) is 5.78 Å². The number of furan rings is 1. The third-order valence-electron chi connectivity index (χ3n) is 3.42. The van der Waals surface area contributed by atoms with E-state index in [9.17, 15) is 4.79 Å². The predicted octanol–water partition coefficient (Wildman–Crippen LogP) is 5.70. The fraction of sp³-hybridized carbons (Fsp3) is 0.118. The van der Waals surface area contributed by atoms with Crippen LogP contribution in [0.5, 0.6) is 0 Å². The molecular weight excluding hydrogens is 352 g/mol. The van der Waals surface area contributed by atoms with E-state index in [1.165, 1.54) is 0 Å². The number of carbonyl (C=O) groups excluding carboxylic acids is 1. The maximum Gasteiger partial charge on any atom is 0.228 e. The number of rotatable bonds is 2. The lowest BCUT2D eigenvalue weighted by Crippen LogP contribution is -2.01. The molecule has 0 unspecified atom stereocenters. The molecule has 3 aromatic rings. The first-order valence-corrected chi connectivity index (χ1v) is 7.64. The number of ketones is 1. The van der Waals surface area contributed by atoms with Gasteiger partial charge in [0.05, 0.1) is 5.02 Å². The summed E-state index contributed by atoms with van der Waals surface area (Å²) in [6, 6.07) is 10.9. The number of halogens is 2. The van der Waals surface area contributed by atoms with E-state index in [4.69, 9.17) is 16.0 Å². The van der Waals surface area contributed by atoms with Crippen LogP contribution in [0.2, 0.25) is 5.02 Å². The first-order valence-electron chi connectivity index (χ1n) is 6.47. The number of hydrogen-bond donors (Lipinski definition) is 0. The molecule has 0 N–H and O–H groups in total. The van der Waals surface area contributed by atoms with Crippen molar-refractivity contribution in [1.29, 1.82) is 0 Å². The van der Waals surface area contributed by atoms with Crippen molar-refractivity contribution in [1.82, 2.24) is 0 Å². The lowest BCUT2D eigenvalue weighted by Gasteiger charge is -2.06. The minimum atomic E-state index is -0.138. The van der Waals surface area contributed by atoms with Crippen LogP contribution >= 0.6 is 27.5 Å². The Morgan fingerprint density at radius 3 is 2.43 bits per heavy atom. The van der Waals surface area contributed by atoms with Gasteiger partial charge in [0, 0.05) is 15.4 Å². The highest BCUT2D eigenvalue weighted by atomic mass is 79.9. The van der Waals surface area contributed by atoms with Gasteiger partial charge in [-0.2, -0.15) is 0 Å². The van der Waals surface area contributed by atoms with E-state index in [1.807, 2.05) is 38.1 Å². The second-order valence-corrected chi connectivity index (χ2v) is 6.22. The summed E-state index contributed by atoms with van der Waals surface area (Å²) in [5.74, 6) is 0.167. The highest BCUT2D eigenvalue weighted by Crippen LogP contribution is 2.29. The van der Waals surface area contributed by atoms with Gasteiger partial charge in [0.25, 0.3) is 0 Å². The zero-order valence-electron chi connectivity index (χ0n) is 11.5. The number of para-hydroxylation sites is 1. The molecule has 3 rings (SSSR count). The fourth-order valence-electron chi connectivity index (χ4n) is 2.36. The minimum Gasteiger partial charge on any atom is -0.451 e. The van der Waals surface area contributed by atoms with Gasteiger partial charge in [0.15, 0.2) is 11.3 Å². The Balaban J connectivity index is 2.10. The molecule has 0 aliphatic heterocycles. The van der Waals surface area contributed by atoms with Gasteiger partial charge in [-0.15, -0.1) is 0 Å². The van der Waals surface area contributed by atoms with Crippen molar-refractivity contribution in [2.75, 3.05) is 0 Å². The van der Waals surface area contributed by atoms with Gasteiger partial charge in [0.2, 0.25) is 5.78 Å². The van der Waals surface area contributed by atoms with Crippen molar-refractivity contribution in [2.24, 2.45) is 0 Å². The van der Waals surface area contributed by atoms with E-state index < -0.39 is 0 Å². The Bertz CT molecular complexity index is 841. The SMILES string of the molecule is Cc1cc(C(=O)c2cc3cccc(Cl)c3o2)cc(C)c1Br. The summed E-state index contributed by atoms with van der Waals surface area (Å²) in [6.45, 7) is 3.92. The molecule has 0 spiro atoms. The van der Waals surface area contributed by atoms with Crippen molar-refractivity contribution < 1.29 is 9.21 Å². The molecule has 0 aliphatic carbocycles. The van der Waals surface area contributed by atoms with E-state index in [0.717, 1.165) is 21.0 Å². The van der Waals surface area contributed by atoms with E-state index in [2.05, 4.69) is 15.9 Å². The lowest BCUT2D eigenvalue weighted by atomic mass is 10.0. The first-order chi connectivity index (χ1) is 9.97. The number of hydrogen-bond acceptors (Lipinski definition) is 2. The number of benzene rings is 2. The van der Waals surface area contributed by atoms with E-state index in [0.29, 0.717) is 21.9 Å². The summed E-state index contributed by atoms with van der Waals surface area (Å²) in [4.78, 5) is 12.6. The average Bonchev–Trinajstić information content (AvgIpc) is 2.89. The molecule has 0 bridgehead atoms. The van der Waals surface area contributed by atoms with Gasteiger partial charge in [-0.1, -0.05) is 39.7 Å². The van der Waals surface area contributed by atoms with E-state index in [1.54, 1.807) is 12.1 Å². The smallest absolute Gasteiger partial charge is 0.228 e. The predicted molar refractivity (Wildman–Crippen MR) is 88.3 cm³/mol. The van der Waals surface area contributed by atoms with Crippen LogP contribution in [-0.4, -0.2) is 5.78 Å². The van der Waals surface area contributed by atoms with Crippen LogP contribution in [0, 0.1) is 13.8 Å². The number of carbonyl (C=O) groups is 1. The molecule has 0 radical (unpaired) electrons. The van der Waals surface area contributed by atoms with E-state index >= 15 is 0 Å². The lowest BCUT2D eigenvalue weighted by molar-refractivity contribution is 0.101. The summed E-state index contributed by atoms with van der Waals surface area (Å²) in [5, 5.41) is 1.34. The molecule has 0 saturated heterocycles. The quantitative estimate of drug-likeness (QED) is 0.547. The maximum absolute atomic E-state index is 12.6. The second-order valence-electron chi connectivity index (χ2n) is 5.02. The topological polar surface area (TPSA) is 30.2 Å². The molecule has 0 saturated carbocycles. The second kappa shape index (κ2) is 5.32. The molecule has 21 heavy (non-hydrogen) atoms. The molecule has 0 fully saturated rings. The maximum atomic E-state index is 12.6. The largest absolute Gasteiger partial charge is 0.451 e. The summed E-state index contributed by atoms with van der Waals surface area (Å²) >= 11 is 9.59. The standard InChI is InChI=1S/C17H12BrClO2/c1-9-6-12(7-10(2)15(9)18)16(20)14-8-11-4-3-5-13(19)17(11)21-14/h3-8H,1-2H3. The molecule has 1 heterocycles. The molecule has 2 aromatic carbocycles.